The van der Waals surface area contributed by atoms with Gasteiger partial charge in [0.05, 0.1) is 12.0 Å². The van der Waals surface area contributed by atoms with E-state index >= 15 is 0 Å². The summed E-state index contributed by atoms with van der Waals surface area (Å²) in [5.74, 6) is -1.07. The highest BCUT2D eigenvalue weighted by Crippen LogP contribution is 2.11. The summed E-state index contributed by atoms with van der Waals surface area (Å²) in [4.78, 5) is 23.8. The van der Waals surface area contributed by atoms with Crippen LogP contribution in [-0.4, -0.2) is 46.3 Å². The summed E-state index contributed by atoms with van der Waals surface area (Å²) in [5, 5.41) is 18.7. The van der Waals surface area contributed by atoms with Crippen molar-refractivity contribution in [2.24, 2.45) is 11.7 Å². The summed E-state index contributed by atoms with van der Waals surface area (Å²) in [6.45, 7) is 5.03. The van der Waals surface area contributed by atoms with Gasteiger partial charge in [-0.2, -0.15) is 0 Å². The number of carbonyl (C=O) groups is 2. The first-order valence-corrected chi connectivity index (χ1v) is 9.33. The van der Waals surface area contributed by atoms with Crippen LogP contribution in [0.2, 0.25) is 0 Å². The molecule has 142 valence electrons. The van der Waals surface area contributed by atoms with Crippen LogP contribution < -0.4 is 5.73 Å². The lowest BCUT2D eigenvalue weighted by Gasteiger charge is -2.21. The molecule has 0 radical (unpaired) electrons. The fourth-order valence-electron chi connectivity index (χ4n) is 2.68. The first-order valence-electron chi connectivity index (χ1n) is 9.33. The van der Waals surface area contributed by atoms with Gasteiger partial charge in [-0.05, 0) is 32.1 Å². The normalized spacial score (nSPS) is 13.5. The molecular weight excluding hydrogens is 308 g/mol. The zero-order valence-electron chi connectivity index (χ0n) is 15.4. The fraction of sp³-hybridized carbons (Fsp3) is 0.889. The molecule has 0 aromatic heterocycles. The van der Waals surface area contributed by atoms with Crippen molar-refractivity contribution < 1.29 is 19.8 Å². The lowest BCUT2D eigenvalue weighted by Crippen LogP contribution is -2.37. The topological polar surface area (TPSA) is 104 Å². The third kappa shape index (κ3) is 12.2. The Hall–Kier alpha value is -1.30. The maximum Gasteiger partial charge on any atom is 0.314 e. The van der Waals surface area contributed by atoms with E-state index < -0.39 is 12.0 Å². The summed E-state index contributed by atoms with van der Waals surface area (Å²) in [6, 6.07) is -0.422. The number of amides is 2. The molecule has 6 heteroatoms. The van der Waals surface area contributed by atoms with Crippen LogP contribution in [-0.2, 0) is 4.79 Å². The van der Waals surface area contributed by atoms with Crippen molar-refractivity contribution >= 4 is 12.0 Å². The van der Waals surface area contributed by atoms with Crippen LogP contribution in [0.25, 0.3) is 0 Å². The molecule has 0 bridgehead atoms. The Morgan fingerprint density at radius 3 is 2.12 bits per heavy atom. The number of hydrogen-bond donors (Lipinski definition) is 3. The number of aliphatic hydroxyl groups excluding tert-OH is 1. The number of carbonyl (C=O) groups excluding carboxylic acids is 1. The van der Waals surface area contributed by atoms with Crippen LogP contribution in [0, 0.1) is 5.92 Å². The first kappa shape index (κ1) is 22.7. The Morgan fingerprint density at radius 2 is 1.54 bits per heavy atom. The highest BCUT2D eigenvalue weighted by atomic mass is 16.4. The third-order valence-electron chi connectivity index (χ3n) is 4.40. The second kappa shape index (κ2) is 14.1. The van der Waals surface area contributed by atoms with E-state index in [1.807, 2.05) is 0 Å². The van der Waals surface area contributed by atoms with E-state index in [2.05, 4.69) is 6.92 Å². The Labute approximate surface area is 146 Å². The van der Waals surface area contributed by atoms with Gasteiger partial charge in [-0.25, -0.2) is 4.79 Å². The Balaban J connectivity index is 3.82. The second-order valence-corrected chi connectivity index (χ2v) is 6.71. The second-order valence-electron chi connectivity index (χ2n) is 6.71. The van der Waals surface area contributed by atoms with E-state index in [1.54, 1.807) is 11.8 Å². The van der Waals surface area contributed by atoms with E-state index in [4.69, 9.17) is 10.8 Å². The van der Waals surface area contributed by atoms with Crippen molar-refractivity contribution in [1.29, 1.82) is 0 Å². The number of nitrogens with two attached hydrogens (primary N) is 1. The van der Waals surface area contributed by atoms with Crippen molar-refractivity contribution in [3.05, 3.63) is 0 Å². The lowest BCUT2D eigenvalue weighted by molar-refractivity contribution is -0.141. The molecule has 0 aromatic carbocycles. The van der Waals surface area contributed by atoms with E-state index in [-0.39, 0.29) is 12.0 Å². The quantitative estimate of drug-likeness (QED) is 0.396. The maximum atomic E-state index is 11.5. The lowest BCUT2D eigenvalue weighted by atomic mass is 10.0. The van der Waals surface area contributed by atoms with E-state index in [9.17, 15) is 14.7 Å². The van der Waals surface area contributed by atoms with E-state index in [0.717, 1.165) is 51.4 Å². The van der Waals surface area contributed by atoms with Crippen LogP contribution in [0.1, 0.15) is 78.1 Å². The minimum absolute atomic E-state index is 0.288. The number of aliphatic carboxylic acids is 1. The van der Waals surface area contributed by atoms with Gasteiger partial charge in [-0.3, -0.25) is 4.79 Å². The number of aliphatic hydroxyl groups is 1. The molecule has 0 spiro atoms. The van der Waals surface area contributed by atoms with Crippen LogP contribution in [0.3, 0.4) is 0 Å². The van der Waals surface area contributed by atoms with Gasteiger partial charge in [-0.15, -0.1) is 0 Å². The molecule has 0 saturated heterocycles. The fourth-order valence-corrected chi connectivity index (χ4v) is 2.68. The summed E-state index contributed by atoms with van der Waals surface area (Å²) in [5.41, 5.74) is 5.40. The van der Waals surface area contributed by atoms with Gasteiger partial charge in [0.15, 0.2) is 0 Å². The molecule has 6 nitrogen and oxygen atoms in total. The maximum absolute atomic E-state index is 11.5. The Kier molecular flexibility index (Phi) is 13.3. The van der Waals surface area contributed by atoms with Gasteiger partial charge in [0.25, 0.3) is 0 Å². The van der Waals surface area contributed by atoms with Gasteiger partial charge in [0.1, 0.15) is 0 Å². The number of urea groups is 1. The van der Waals surface area contributed by atoms with Crippen molar-refractivity contribution in [2.75, 3.05) is 13.1 Å². The van der Waals surface area contributed by atoms with Gasteiger partial charge in [-0.1, -0.05) is 46.0 Å². The SMILES string of the molecule is CCCCCC(O)CCCN(CCCCCC(C)C(=O)O)C(N)=O. The highest BCUT2D eigenvalue weighted by molar-refractivity contribution is 5.71. The predicted octanol–water partition coefficient (Wildman–Crippen LogP) is 3.37. The van der Waals surface area contributed by atoms with Gasteiger partial charge in [0.2, 0.25) is 0 Å². The molecule has 2 amide bonds. The molecule has 2 atom stereocenters. The largest absolute Gasteiger partial charge is 0.481 e. The van der Waals surface area contributed by atoms with Crippen molar-refractivity contribution in [1.82, 2.24) is 4.90 Å². The third-order valence-corrected chi connectivity index (χ3v) is 4.40. The average Bonchev–Trinajstić information content (AvgIpc) is 2.52. The monoisotopic (exact) mass is 344 g/mol. The van der Waals surface area contributed by atoms with E-state index in [0.29, 0.717) is 25.9 Å². The van der Waals surface area contributed by atoms with Crippen LogP contribution >= 0.6 is 0 Å². The predicted molar refractivity (Wildman–Crippen MR) is 95.8 cm³/mol. The minimum Gasteiger partial charge on any atom is -0.481 e. The minimum atomic E-state index is -0.758. The zero-order chi connectivity index (χ0) is 18.4. The molecule has 24 heavy (non-hydrogen) atoms. The van der Waals surface area contributed by atoms with Crippen molar-refractivity contribution in [3.63, 3.8) is 0 Å². The molecule has 0 saturated carbocycles. The highest BCUT2D eigenvalue weighted by Gasteiger charge is 2.12. The van der Waals surface area contributed by atoms with Crippen LogP contribution in [0.15, 0.2) is 0 Å². The molecule has 4 N–H and O–H groups in total. The number of rotatable bonds is 15. The summed E-state index contributed by atoms with van der Waals surface area (Å²) >= 11 is 0. The standard InChI is InChI=1S/C18H36N2O4/c1-3-4-6-11-16(21)12-9-14-20(18(19)24)13-8-5-7-10-15(2)17(22)23/h15-16,21H,3-14H2,1-2H3,(H2,19,24)(H,22,23). The number of carboxylic acid groups (broad SMARTS) is 1. The number of nitrogens with zero attached hydrogens (tertiary/aromatic N) is 1. The molecule has 0 aromatic rings. The zero-order valence-corrected chi connectivity index (χ0v) is 15.4. The molecule has 2 unspecified atom stereocenters. The molecule has 0 fully saturated rings. The average molecular weight is 344 g/mol. The van der Waals surface area contributed by atoms with Gasteiger partial charge >= 0.3 is 12.0 Å². The first-order chi connectivity index (χ1) is 11.4. The molecule has 0 aliphatic carbocycles. The number of hydrogen-bond acceptors (Lipinski definition) is 3. The molecule has 0 aliphatic heterocycles. The number of primary amides is 1. The Bertz CT molecular complexity index is 350. The van der Waals surface area contributed by atoms with E-state index in [1.165, 1.54) is 0 Å². The summed E-state index contributed by atoms with van der Waals surface area (Å²) in [6.07, 6.45) is 8.55. The van der Waals surface area contributed by atoms with Crippen LogP contribution in [0.5, 0.6) is 0 Å². The molecule has 0 aliphatic rings. The molecular formula is C18H36N2O4. The molecule has 0 heterocycles. The van der Waals surface area contributed by atoms with Crippen molar-refractivity contribution in [3.8, 4) is 0 Å². The smallest absolute Gasteiger partial charge is 0.314 e. The number of carboxylic acids is 1. The van der Waals surface area contributed by atoms with Gasteiger partial charge in [0, 0.05) is 13.1 Å². The van der Waals surface area contributed by atoms with Gasteiger partial charge < -0.3 is 20.8 Å². The van der Waals surface area contributed by atoms with Crippen LogP contribution in [0.4, 0.5) is 4.79 Å². The van der Waals surface area contributed by atoms with Crippen molar-refractivity contribution in [2.45, 2.75) is 84.2 Å². The molecule has 0 rings (SSSR count). The Morgan fingerprint density at radius 1 is 0.958 bits per heavy atom. The summed E-state index contributed by atoms with van der Waals surface area (Å²) < 4.78 is 0. The number of unbranched alkanes of at least 4 members (excludes halogenated alkanes) is 4. The summed E-state index contributed by atoms with van der Waals surface area (Å²) in [7, 11) is 0.